The maximum absolute atomic E-state index is 12.0. The van der Waals surface area contributed by atoms with Crippen LogP contribution in [0.2, 0.25) is 0 Å². The van der Waals surface area contributed by atoms with E-state index in [0.29, 0.717) is 0 Å². The van der Waals surface area contributed by atoms with E-state index in [1.165, 1.54) is 17.8 Å². The van der Waals surface area contributed by atoms with Crippen molar-refractivity contribution in [1.29, 1.82) is 0 Å². The molecule has 0 bridgehead atoms. The van der Waals surface area contributed by atoms with Crippen molar-refractivity contribution in [2.24, 2.45) is 5.73 Å². The molecule has 0 saturated heterocycles. The Morgan fingerprint density at radius 1 is 1.69 bits per heavy atom. The molecule has 88 valence electrons. The molecule has 0 spiro atoms. The van der Waals surface area contributed by atoms with Crippen LogP contribution < -0.4 is 11.1 Å². The lowest BCUT2D eigenvalue weighted by molar-refractivity contribution is -0.125. The molecule has 3 N–H and O–H groups in total. The average Bonchev–Trinajstić information content (AvgIpc) is 2.75. The first-order valence-electron chi connectivity index (χ1n) is 5.78. The molecule has 2 rings (SSSR count). The van der Waals surface area contributed by atoms with Gasteiger partial charge in [-0.3, -0.25) is 4.79 Å². The van der Waals surface area contributed by atoms with E-state index >= 15 is 0 Å². The number of nitrogens with one attached hydrogen (secondary N) is 1. The Hall–Kier alpha value is -0.870. The molecule has 4 heteroatoms. The largest absolute Gasteiger partial charge is 0.349 e. The lowest BCUT2D eigenvalue weighted by atomic mass is 9.74. The van der Waals surface area contributed by atoms with Gasteiger partial charge in [-0.1, -0.05) is 13.0 Å². The Balaban J connectivity index is 1.98. The highest BCUT2D eigenvalue weighted by atomic mass is 32.1. The molecule has 1 aromatic rings. The van der Waals surface area contributed by atoms with E-state index in [9.17, 15) is 4.79 Å². The third-order valence-corrected chi connectivity index (χ3v) is 4.46. The number of rotatable bonds is 4. The smallest absolute Gasteiger partial charge is 0.242 e. The Morgan fingerprint density at radius 2 is 2.44 bits per heavy atom. The molecule has 0 aromatic carbocycles. The summed E-state index contributed by atoms with van der Waals surface area (Å²) in [4.78, 5) is 12.9. The van der Waals surface area contributed by atoms with Crippen LogP contribution >= 0.6 is 11.3 Å². The third-order valence-electron chi connectivity index (χ3n) is 3.51. The summed E-state index contributed by atoms with van der Waals surface area (Å²) < 4.78 is 0. The fourth-order valence-electron chi connectivity index (χ4n) is 2.11. The Labute approximate surface area is 100 Å². The lowest BCUT2D eigenvalue weighted by Crippen LogP contribution is -2.55. The lowest BCUT2D eigenvalue weighted by Gasteiger charge is -2.42. The molecule has 16 heavy (non-hydrogen) atoms. The molecule has 1 aliphatic rings. The number of hydrogen-bond acceptors (Lipinski definition) is 3. The van der Waals surface area contributed by atoms with Crippen LogP contribution in [0.1, 0.15) is 43.5 Å². The second kappa shape index (κ2) is 4.55. The minimum atomic E-state index is -0.510. The molecule has 1 aliphatic carbocycles. The molecule has 1 amide bonds. The van der Waals surface area contributed by atoms with Crippen molar-refractivity contribution in [1.82, 2.24) is 5.32 Å². The van der Waals surface area contributed by atoms with Crippen LogP contribution in [0.5, 0.6) is 0 Å². The highest BCUT2D eigenvalue weighted by Crippen LogP contribution is 2.35. The van der Waals surface area contributed by atoms with Crippen molar-refractivity contribution < 1.29 is 4.79 Å². The van der Waals surface area contributed by atoms with Crippen LogP contribution in [-0.4, -0.2) is 11.4 Å². The predicted molar refractivity (Wildman–Crippen MR) is 66.3 cm³/mol. The second-order valence-corrected chi connectivity index (χ2v) is 5.45. The fraction of sp³-hybridized carbons (Fsp3) is 0.583. The van der Waals surface area contributed by atoms with Crippen molar-refractivity contribution in [3.63, 3.8) is 0 Å². The van der Waals surface area contributed by atoms with Gasteiger partial charge < -0.3 is 11.1 Å². The first kappa shape index (κ1) is 11.6. The molecule has 1 fully saturated rings. The molecular weight excluding hydrogens is 220 g/mol. The molecule has 1 aromatic heterocycles. The van der Waals surface area contributed by atoms with E-state index in [4.69, 9.17) is 5.73 Å². The Kier molecular flexibility index (Phi) is 3.30. The van der Waals surface area contributed by atoms with Crippen LogP contribution in [0.3, 0.4) is 0 Å². The van der Waals surface area contributed by atoms with Gasteiger partial charge in [0.05, 0.1) is 0 Å². The van der Waals surface area contributed by atoms with E-state index in [2.05, 4.69) is 12.2 Å². The van der Waals surface area contributed by atoms with Crippen LogP contribution in [0.15, 0.2) is 17.5 Å². The van der Waals surface area contributed by atoms with Gasteiger partial charge in [-0.2, -0.15) is 0 Å². The van der Waals surface area contributed by atoms with E-state index in [-0.39, 0.29) is 11.4 Å². The Morgan fingerprint density at radius 3 is 2.88 bits per heavy atom. The number of nitrogens with two attached hydrogens (primary N) is 1. The number of thiophene rings is 1. The summed E-state index contributed by atoms with van der Waals surface area (Å²) in [6, 6.07) is 3.32. The second-order valence-electron chi connectivity index (χ2n) is 4.47. The molecule has 1 heterocycles. The number of carbonyl (C=O) groups is 1. The normalized spacial score (nSPS) is 19.9. The van der Waals surface area contributed by atoms with Gasteiger partial charge in [0.15, 0.2) is 0 Å². The number of amides is 1. The summed E-state index contributed by atoms with van der Waals surface area (Å²) in [5.41, 5.74) is 5.96. The summed E-state index contributed by atoms with van der Waals surface area (Å²) in [6.45, 7) is 2.12. The highest BCUT2D eigenvalue weighted by molar-refractivity contribution is 7.10. The van der Waals surface area contributed by atoms with Gasteiger partial charge in [-0.25, -0.2) is 0 Å². The van der Waals surface area contributed by atoms with Gasteiger partial charge in [-0.05, 0) is 37.1 Å². The van der Waals surface area contributed by atoms with Gasteiger partial charge in [0, 0.05) is 10.4 Å². The zero-order valence-corrected chi connectivity index (χ0v) is 10.3. The quantitative estimate of drug-likeness (QED) is 0.845. The summed E-state index contributed by atoms with van der Waals surface area (Å²) in [7, 11) is 0. The molecule has 3 nitrogen and oxygen atoms in total. The van der Waals surface area contributed by atoms with E-state index < -0.39 is 6.04 Å². The van der Waals surface area contributed by atoms with Crippen molar-refractivity contribution in [2.75, 3.05) is 0 Å². The maximum Gasteiger partial charge on any atom is 0.242 e. The number of hydrogen-bond donors (Lipinski definition) is 2. The molecule has 1 saturated carbocycles. The van der Waals surface area contributed by atoms with Gasteiger partial charge in [-0.15, -0.1) is 11.3 Å². The molecular formula is C12H18N2OS. The van der Waals surface area contributed by atoms with Gasteiger partial charge in [0.2, 0.25) is 5.91 Å². The van der Waals surface area contributed by atoms with E-state index in [0.717, 1.165) is 24.1 Å². The van der Waals surface area contributed by atoms with Gasteiger partial charge in [0.1, 0.15) is 6.04 Å². The SMILES string of the molecule is CCC1(NC(=O)C(N)c2cccs2)CCC1. The Bertz CT molecular complexity index is 352. The maximum atomic E-state index is 12.0. The molecule has 0 radical (unpaired) electrons. The minimum absolute atomic E-state index is 0.0337. The summed E-state index contributed by atoms with van der Waals surface area (Å²) in [6.07, 6.45) is 4.39. The summed E-state index contributed by atoms with van der Waals surface area (Å²) >= 11 is 1.53. The van der Waals surface area contributed by atoms with Crippen molar-refractivity contribution >= 4 is 17.2 Å². The van der Waals surface area contributed by atoms with Crippen LogP contribution in [-0.2, 0) is 4.79 Å². The topological polar surface area (TPSA) is 55.1 Å². The van der Waals surface area contributed by atoms with Crippen molar-refractivity contribution in [3.8, 4) is 0 Å². The minimum Gasteiger partial charge on any atom is -0.349 e. The first-order chi connectivity index (χ1) is 7.67. The monoisotopic (exact) mass is 238 g/mol. The number of carbonyl (C=O) groups excluding carboxylic acids is 1. The first-order valence-corrected chi connectivity index (χ1v) is 6.66. The van der Waals surface area contributed by atoms with Gasteiger partial charge in [0.25, 0.3) is 0 Å². The average molecular weight is 238 g/mol. The fourth-order valence-corrected chi connectivity index (χ4v) is 2.83. The van der Waals surface area contributed by atoms with Crippen LogP contribution in [0.25, 0.3) is 0 Å². The zero-order chi connectivity index (χ0) is 11.6. The van der Waals surface area contributed by atoms with Crippen molar-refractivity contribution in [2.45, 2.75) is 44.2 Å². The predicted octanol–water partition coefficient (Wildman–Crippen LogP) is 2.20. The summed E-state index contributed by atoms with van der Waals surface area (Å²) in [5, 5.41) is 5.06. The molecule has 0 aliphatic heterocycles. The van der Waals surface area contributed by atoms with Crippen molar-refractivity contribution in [3.05, 3.63) is 22.4 Å². The molecule has 1 atom stereocenters. The van der Waals surface area contributed by atoms with Gasteiger partial charge >= 0.3 is 0 Å². The highest BCUT2D eigenvalue weighted by Gasteiger charge is 2.37. The van der Waals surface area contributed by atoms with E-state index in [1.807, 2.05) is 17.5 Å². The zero-order valence-electron chi connectivity index (χ0n) is 9.53. The van der Waals surface area contributed by atoms with Crippen LogP contribution in [0, 0.1) is 0 Å². The summed E-state index contributed by atoms with van der Waals surface area (Å²) in [5.74, 6) is -0.0380. The standard InChI is InChI=1S/C12H18N2OS/c1-2-12(6-4-7-12)14-11(15)10(13)9-5-3-8-16-9/h3,5,8,10H,2,4,6-7,13H2,1H3,(H,14,15). The molecule has 1 unspecified atom stereocenters. The third kappa shape index (κ3) is 2.13. The van der Waals surface area contributed by atoms with E-state index in [1.54, 1.807) is 0 Å². The van der Waals surface area contributed by atoms with Crippen LogP contribution in [0.4, 0.5) is 0 Å².